The van der Waals surface area contributed by atoms with E-state index in [1.807, 2.05) is 11.8 Å². The second-order valence-electron chi connectivity index (χ2n) is 5.98. The Hall–Kier alpha value is -2.53. The van der Waals surface area contributed by atoms with Crippen molar-refractivity contribution in [2.24, 2.45) is 0 Å². The molecule has 128 valence electrons. The van der Waals surface area contributed by atoms with Crippen molar-refractivity contribution in [3.63, 3.8) is 0 Å². The van der Waals surface area contributed by atoms with Crippen LogP contribution in [0.25, 0.3) is 0 Å². The van der Waals surface area contributed by atoms with Crippen LogP contribution in [0.1, 0.15) is 11.1 Å². The van der Waals surface area contributed by atoms with E-state index in [1.54, 1.807) is 22.8 Å². The van der Waals surface area contributed by atoms with Gasteiger partial charge in [0.1, 0.15) is 24.3 Å². The molecule has 3 heterocycles. The highest BCUT2D eigenvalue weighted by Gasteiger charge is 2.33. The Morgan fingerprint density at radius 2 is 2.32 bits per heavy atom. The van der Waals surface area contributed by atoms with Gasteiger partial charge in [-0.05, 0) is 17.7 Å². The van der Waals surface area contributed by atoms with Crippen molar-refractivity contribution in [1.82, 2.24) is 9.55 Å². The molecule has 0 N–H and O–H groups in total. The van der Waals surface area contributed by atoms with E-state index in [2.05, 4.69) is 9.88 Å². The van der Waals surface area contributed by atoms with Crippen molar-refractivity contribution in [3.8, 4) is 11.9 Å². The Labute approximate surface area is 147 Å². The summed E-state index contributed by atoms with van der Waals surface area (Å²) in [6.07, 6.45) is 0. The molecule has 1 aromatic carbocycles. The molecular weight excluding hydrogens is 343 g/mol. The molecule has 8 heteroatoms. The molecule has 0 amide bonds. The van der Waals surface area contributed by atoms with Crippen LogP contribution in [0.3, 0.4) is 0 Å². The third-order valence-electron chi connectivity index (χ3n) is 4.42. The van der Waals surface area contributed by atoms with E-state index < -0.39 is 5.82 Å². The number of nitrogens with zero attached hydrogens (tertiary/aromatic N) is 4. The van der Waals surface area contributed by atoms with E-state index in [4.69, 9.17) is 10.00 Å². The lowest BCUT2D eigenvalue weighted by molar-refractivity contribution is 0.291. The zero-order chi connectivity index (χ0) is 17.4. The smallest absolute Gasteiger partial charge is 0.352 e. The first-order chi connectivity index (χ1) is 12.2. The Morgan fingerprint density at radius 1 is 1.44 bits per heavy atom. The molecule has 4 rings (SSSR count). The standard InChI is InChI=1S/C17H15FN4O2S/c18-14-2-1-11(5-12(14)7-19)9-24-15-6-16-21-3-4-25-10-13(21)8-22(16)17(23)20-15/h1-2,5-6,13H,3-4,8-10H2. The quantitative estimate of drug-likeness (QED) is 0.833. The Balaban J connectivity index is 1.56. The molecular formula is C17H15FN4O2S. The first kappa shape index (κ1) is 16.0. The molecule has 6 nitrogen and oxygen atoms in total. The van der Waals surface area contributed by atoms with Gasteiger partial charge in [-0.15, -0.1) is 0 Å². The third kappa shape index (κ3) is 2.96. The second kappa shape index (κ2) is 6.41. The van der Waals surface area contributed by atoms with Crippen molar-refractivity contribution in [2.45, 2.75) is 19.2 Å². The maximum Gasteiger partial charge on any atom is 0.352 e. The number of ether oxygens (including phenoxy) is 1. The van der Waals surface area contributed by atoms with E-state index in [0.29, 0.717) is 18.2 Å². The molecule has 0 spiro atoms. The van der Waals surface area contributed by atoms with Gasteiger partial charge in [0, 0.05) is 24.1 Å². The highest BCUT2D eigenvalue weighted by atomic mass is 32.2. The van der Waals surface area contributed by atoms with Gasteiger partial charge in [0.2, 0.25) is 5.88 Å². The molecule has 1 unspecified atom stereocenters. The molecule has 0 saturated carbocycles. The van der Waals surface area contributed by atoms with Crippen LogP contribution in [-0.4, -0.2) is 33.6 Å². The van der Waals surface area contributed by atoms with E-state index in [9.17, 15) is 9.18 Å². The van der Waals surface area contributed by atoms with Crippen molar-refractivity contribution < 1.29 is 9.13 Å². The Bertz CT molecular complexity index is 924. The van der Waals surface area contributed by atoms with Crippen LogP contribution < -0.4 is 15.3 Å². The largest absolute Gasteiger partial charge is 0.473 e. The molecule has 25 heavy (non-hydrogen) atoms. The number of rotatable bonds is 3. The minimum absolute atomic E-state index is 0.0308. The van der Waals surface area contributed by atoms with Crippen molar-refractivity contribution >= 4 is 17.6 Å². The van der Waals surface area contributed by atoms with Crippen molar-refractivity contribution in [3.05, 3.63) is 51.7 Å². The summed E-state index contributed by atoms with van der Waals surface area (Å²) >= 11 is 1.90. The van der Waals surface area contributed by atoms with Crippen LogP contribution in [0, 0.1) is 17.1 Å². The topological polar surface area (TPSA) is 71.1 Å². The van der Waals surface area contributed by atoms with Gasteiger partial charge in [0.05, 0.1) is 18.2 Å². The summed E-state index contributed by atoms with van der Waals surface area (Å²) in [6.45, 7) is 1.68. The summed E-state index contributed by atoms with van der Waals surface area (Å²) in [5.74, 6) is 2.57. The van der Waals surface area contributed by atoms with Gasteiger partial charge >= 0.3 is 5.69 Å². The molecule has 0 radical (unpaired) electrons. The zero-order valence-corrected chi connectivity index (χ0v) is 14.1. The monoisotopic (exact) mass is 358 g/mol. The minimum Gasteiger partial charge on any atom is -0.473 e. The highest BCUT2D eigenvalue weighted by molar-refractivity contribution is 7.99. The zero-order valence-electron chi connectivity index (χ0n) is 13.3. The number of aromatic nitrogens is 2. The third-order valence-corrected chi connectivity index (χ3v) is 5.51. The number of anilines is 1. The second-order valence-corrected chi connectivity index (χ2v) is 7.13. The van der Waals surface area contributed by atoms with Crippen LogP contribution in [0.4, 0.5) is 10.2 Å². The summed E-state index contributed by atoms with van der Waals surface area (Å²) in [7, 11) is 0. The van der Waals surface area contributed by atoms with Gasteiger partial charge in [-0.2, -0.15) is 22.0 Å². The number of nitriles is 1. The predicted octanol–water partition coefficient (Wildman–Crippen LogP) is 1.77. The van der Waals surface area contributed by atoms with Gasteiger partial charge < -0.3 is 9.64 Å². The lowest BCUT2D eigenvalue weighted by Crippen LogP contribution is -2.39. The average molecular weight is 358 g/mol. The van der Waals surface area contributed by atoms with Gasteiger partial charge in [-0.1, -0.05) is 6.07 Å². The predicted molar refractivity (Wildman–Crippen MR) is 92.4 cm³/mol. The van der Waals surface area contributed by atoms with Crippen LogP contribution in [0.2, 0.25) is 0 Å². The maximum atomic E-state index is 13.4. The summed E-state index contributed by atoms with van der Waals surface area (Å²) in [5, 5.41) is 8.89. The normalized spacial score (nSPS) is 18.4. The molecule has 1 fully saturated rings. The van der Waals surface area contributed by atoms with Crippen molar-refractivity contribution in [2.75, 3.05) is 23.0 Å². The van der Waals surface area contributed by atoms with Crippen LogP contribution in [-0.2, 0) is 13.2 Å². The molecule has 1 aromatic heterocycles. The number of hydrogen-bond acceptors (Lipinski definition) is 6. The van der Waals surface area contributed by atoms with Gasteiger partial charge in [-0.3, -0.25) is 4.57 Å². The molecule has 1 saturated heterocycles. The fourth-order valence-corrected chi connectivity index (χ4v) is 4.23. The summed E-state index contributed by atoms with van der Waals surface area (Å²) in [4.78, 5) is 18.5. The fourth-order valence-electron chi connectivity index (χ4n) is 3.18. The molecule has 2 aromatic rings. The van der Waals surface area contributed by atoms with Crippen LogP contribution in [0.5, 0.6) is 5.88 Å². The summed E-state index contributed by atoms with van der Waals surface area (Å²) < 4.78 is 20.7. The first-order valence-electron chi connectivity index (χ1n) is 7.93. The van der Waals surface area contributed by atoms with Gasteiger partial charge in [-0.25, -0.2) is 9.18 Å². The number of benzene rings is 1. The van der Waals surface area contributed by atoms with Crippen LogP contribution in [0.15, 0.2) is 29.1 Å². The lowest BCUT2D eigenvalue weighted by atomic mass is 10.1. The van der Waals surface area contributed by atoms with Gasteiger partial charge in [0.25, 0.3) is 0 Å². The average Bonchev–Trinajstić information content (AvgIpc) is 3.00. The molecule has 2 aliphatic rings. The molecule has 0 aliphatic carbocycles. The van der Waals surface area contributed by atoms with E-state index in [1.165, 1.54) is 12.1 Å². The minimum atomic E-state index is -0.561. The molecule has 2 aliphatic heterocycles. The first-order valence-corrected chi connectivity index (χ1v) is 9.09. The fraction of sp³-hybridized carbons (Fsp3) is 0.353. The number of thioether (sulfide) groups is 1. The maximum absolute atomic E-state index is 13.4. The van der Waals surface area contributed by atoms with Gasteiger partial charge in [0.15, 0.2) is 0 Å². The molecule has 1 atom stereocenters. The van der Waals surface area contributed by atoms with E-state index in [0.717, 1.165) is 23.9 Å². The number of hydrogen-bond donors (Lipinski definition) is 0. The molecule has 0 bridgehead atoms. The summed E-state index contributed by atoms with van der Waals surface area (Å²) in [5.41, 5.74) is 0.299. The lowest BCUT2D eigenvalue weighted by Gasteiger charge is -2.30. The van der Waals surface area contributed by atoms with Crippen molar-refractivity contribution in [1.29, 1.82) is 5.26 Å². The SMILES string of the molecule is N#Cc1cc(COc2cc3n(c(=O)n2)CC2CSCCN32)ccc1F. The van der Waals surface area contributed by atoms with Crippen LogP contribution >= 0.6 is 11.8 Å². The summed E-state index contributed by atoms with van der Waals surface area (Å²) in [6, 6.07) is 8.14. The number of fused-ring (bicyclic) bond motifs is 3. The highest BCUT2D eigenvalue weighted by Crippen LogP contribution is 2.31. The van der Waals surface area contributed by atoms with E-state index in [-0.39, 0.29) is 23.7 Å². The Morgan fingerprint density at radius 3 is 3.16 bits per heavy atom. The number of halogens is 1. The van der Waals surface area contributed by atoms with E-state index >= 15 is 0 Å². The Kier molecular flexibility index (Phi) is 4.09.